The molecule has 2 aromatic carbocycles. The van der Waals surface area contributed by atoms with Gasteiger partial charge < -0.3 is 29.7 Å². The van der Waals surface area contributed by atoms with E-state index in [4.69, 9.17) is 34.1 Å². The van der Waals surface area contributed by atoms with Gasteiger partial charge in [0.2, 0.25) is 0 Å². The van der Waals surface area contributed by atoms with Gasteiger partial charge in [-0.3, -0.25) is 0 Å². The Morgan fingerprint density at radius 3 is 1.18 bits per heavy atom. The van der Waals surface area contributed by atoms with Crippen LogP contribution < -0.4 is 0 Å². The summed E-state index contributed by atoms with van der Waals surface area (Å²) in [6, 6.07) is 23.2. The summed E-state index contributed by atoms with van der Waals surface area (Å²) in [6.07, 6.45) is 52.3. The number of hydrogen-bond acceptors (Lipinski definition) is 0. The number of allylic oxidation sites excluding steroid dienone is 18. The third-order valence-corrected chi connectivity index (χ3v) is 19.6. The Bertz CT molecular complexity index is 2260. The van der Waals surface area contributed by atoms with Crippen LogP contribution in [-0.4, -0.2) is 0 Å². The minimum atomic E-state index is -0.826. The van der Waals surface area contributed by atoms with Gasteiger partial charge in [-0.25, -0.2) is 0 Å². The summed E-state index contributed by atoms with van der Waals surface area (Å²) in [5.41, 5.74) is 6.92. The van der Waals surface area contributed by atoms with Crippen molar-refractivity contribution in [1.29, 1.82) is 0 Å². The number of hydrogen-bond donors (Lipinski definition) is 0. The predicted molar refractivity (Wildman–Crippen MR) is 342 cm³/mol. The quantitative estimate of drug-likeness (QED) is 0.147. The van der Waals surface area contributed by atoms with E-state index in [-0.39, 0.29) is 46.0 Å². The normalized spacial score (nSPS) is 30.4. The van der Waals surface area contributed by atoms with Crippen molar-refractivity contribution in [2.75, 3.05) is 0 Å². The summed E-state index contributed by atoms with van der Waals surface area (Å²) >= 11 is -1.65. The molecule has 8 aliphatic rings. The molecule has 0 bridgehead atoms. The van der Waals surface area contributed by atoms with Crippen molar-refractivity contribution in [2.24, 2.45) is 99.1 Å². The van der Waals surface area contributed by atoms with Crippen LogP contribution >= 0.6 is 34.1 Å². The monoisotopic (exact) mass is 1280 g/mol. The SMILES string of the molecule is C=CCCC1CCC(C(C)(C)C2C3C=C(C(C)(C)C)C=CC3C3C=CC(C(C)(C)C)=CC32)C1.C=CCCC1CCC(C(c2ccccc2)(c2ccccc2)C2C3C=CC=CC3C3C=CC=CC32)C1.[CH3-].[CH3-].[CH3-].[CH3-].[Cl][Zr+2][Cl].[Cl][Zr+2][Cl]. The van der Waals surface area contributed by atoms with Crippen LogP contribution in [0.3, 0.4) is 0 Å². The van der Waals surface area contributed by atoms with Crippen LogP contribution in [0.25, 0.3) is 0 Å². The zero-order valence-corrected chi connectivity index (χ0v) is 58.0. The van der Waals surface area contributed by atoms with Gasteiger partial charge in [0.25, 0.3) is 0 Å². The van der Waals surface area contributed by atoms with Crippen molar-refractivity contribution >= 4 is 34.1 Å². The molecule has 424 valence electrons. The summed E-state index contributed by atoms with van der Waals surface area (Å²) in [6.45, 7) is 27.5. The van der Waals surface area contributed by atoms with Gasteiger partial charge in [0.05, 0.1) is 0 Å². The first-order chi connectivity index (χ1) is 35.5. The van der Waals surface area contributed by atoms with E-state index in [0.29, 0.717) is 70.5 Å². The Morgan fingerprint density at radius 1 is 0.462 bits per heavy atom. The topological polar surface area (TPSA) is 0 Å². The molecule has 12 atom stereocenters. The summed E-state index contributed by atoms with van der Waals surface area (Å²) in [5, 5.41) is 0. The van der Waals surface area contributed by atoms with Crippen molar-refractivity contribution in [2.45, 2.75) is 125 Å². The van der Waals surface area contributed by atoms with Crippen LogP contribution in [-0.2, 0) is 47.1 Å². The summed E-state index contributed by atoms with van der Waals surface area (Å²) < 4.78 is 0. The molecule has 0 aromatic heterocycles. The second-order valence-electron chi connectivity index (χ2n) is 25.7. The van der Waals surface area contributed by atoms with Crippen molar-refractivity contribution in [3.05, 3.63) is 223 Å². The van der Waals surface area contributed by atoms with Gasteiger partial charge in [-0.2, -0.15) is 0 Å². The van der Waals surface area contributed by atoms with Crippen LogP contribution in [0.1, 0.15) is 131 Å². The van der Waals surface area contributed by atoms with Crippen molar-refractivity contribution in [3.63, 3.8) is 0 Å². The molecule has 2 aromatic rings. The minimum absolute atomic E-state index is 0. The first kappa shape index (κ1) is 71.0. The van der Waals surface area contributed by atoms with Gasteiger partial charge >= 0.3 is 75.7 Å². The number of benzene rings is 2. The molecule has 0 saturated heterocycles. The van der Waals surface area contributed by atoms with E-state index in [0.717, 1.165) is 24.2 Å². The van der Waals surface area contributed by atoms with Gasteiger partial charge in [0.15, 0.2) is 0 Å². The number of halogens is 4. The molecule has 4 fully saturated rings. The second-order valence-corrected chi connectivity index (χ2v) is 33.2. The van der Waals surface area contributed by atoms with E-state index in [1.165, 1.54) is 68.9 Å². The van der Waals surface area contributed by atoms with Crippen LogP contribution in [0, 0.1) is 129 Å². The zero-order valence-electron chi connectivity index (χ0n) is 50.1. The Hall–Kier alpha value is -1.23. The van der Waals surface area contributed by atoms with E-state index in [1.807, 2.05) is 0 Å². The third-order valence-electron chi connectivity index (χ3n) is 19.6. The average molecular weight is 1290 g/mol. The average Bonchev–Trinajstić information content (AvgIpc) is 4.21. The molecule has 12 unspecified atom stereocenters. The standard InChI is InChI=1S/C35H38.C33H50.4CH3.4ClH.2Zr/c1-2-3-14-26-23-24-29(25-26)35(27-15-6-4-7-16-27,28-17-8-5-9-18-28)34-32-21-12-10-19-30(32)31-20-11-13-22-33(31)34;1-10-11-12-22-13-14-25(19-22)33(8,9)30-28-20-23(31(2,3)4)15-17-26(28)27-18-16-24(21-29(27)30)32(5,6)7;;;;;;;;;;/h2,4-13,15-22,26,29-34H,1,3,14,23-25H2;10,15-18,20-22,25-30H,1,11-14,19H2,2-9H3;4*1H3;4*1H;;/q;;4*-1;;;;;2*+4/p-4. The summed E-state index contributed by atoms with van der Waals surface area (Å²) in [4.78, 5) is 0. The fourth-order valence-electron chi connectivity index (χ4n) is 16.2. The molecule has 0 nitrogen and oxygen atoms in total. The summed E-state index contributed by atoms with van der Waals surface area (Å²) in [5.74, 6) is 9.32. The van der Waals surface area contributed by atoms with E-state index in [2.05, 4.69) is 226 Å². The molecule has 8 aliphatic carbocycles. The Morgan fingerprint density at radius 2 is 0.808 bits per heavy atom. The van der Waals surface area contributed by atoms with Crippen LogP contribution in [0.2, 0.25) is 0 Å². The first-order valence-corrected chi connectivity index (χ1v) is 40.9. The molecular weight excluding hydrogens is 1190 g/mol. The van der Waals surface area contributed by atoms with Gasteiger partial charge in [0.1, 0.15) is 0 Å². The molecule has 6 heteroatoms. The van der Waals surface area contributed by atoms with E-state index in [1.54, 1.807) is 11.1 Å². The van der Waals surface area contributed by atoms with Crippen LogP contribution in [0.5, 0.6) is 0 Å². The Kier molecular flexibility index (Phi) is 29.3. The van der Waals surface area contributed by atoms with E-state index < -0.39 is 41.7 Å². The van der Waals surface area contributed by atoms with Gasteiger partial charge in [-0.1, -0.05) is 226 Å². The van der Waals surface area contributed by atoms with Gasteiger partial charge in [-0.15, -0.1) is 13.2 Å². The fraction of sp³-hybridized carbons (Fsp3) is 0.500. The first-order valence-electron chi connectivity index (χ1n) is 28.3. The fourth-order valence-corrected chi connectivity index (χ4v) is 16.2. The van der Waals surface area contributed by atoms with Crippen LogP contribution in [0.4, 0.5) is 0 Å². The number of fused-ring (bicyclic) bond motifs is 6. The zero-order chi connectivity index (χ0) is 53.3. The molecule has 0 aliphatic heterocycles. The van der Waals surface area contributed by atoms with Gasteiger partial charge in [-0.05, 0) is 173 Å². The van der Waals surface area contributed by atoms with Gasteiger partial charge in [0, 0.05) is 5.41 Å². The molecule has 78 heavy (non-hydrogen) atoms. The molecule has 0 heterocycles. The van der Waals surface area contributed by atoms with Crippen molar-refractivity contribution in [3.8, 4) is 0 Å². The Balaban J connectivity index is 0.000000357. The molecule has 10 rings (SSSR count). The second kappa shape index (κ2) is 32.2. The molecule has 0 spiro atoms. The van der Waals surface area contributed by atoms with Crippen molar-refractivity contribution < 1.29 is 41.7 Å². The maximum atomic E-state index is 4.93. The third kappa shape index (κ3) is 15.7. The van der Waals surface area contributed by atoms with E-state index >= 15 is 0 Å². The molecule has 0 radical (unpaired) electrons. The molecule has 4 saturated carbocycles. The molecule has 0 N–H and O–H groups in total. The maximum absolute atomic E-state index is 4.93. The number of rotatable bonds is 12. The van der Waals surface area contributed by atoms with Crippen LogP contribution in [0.15, 0.2) is 182 Å². The molecular formula is C72H100Cl4Zr2. The van der Waals surface area contributed by atoms with E-state index in [9.17, 15) is 0 Å². The van der Waals surface area contributed by atoms with Crippen molar-refractivity contribution in [1.82, 2.24) is 0 Å². The Labute approximate surface area is 517 Å². The molecule has 0 amide bonds. The predicted octanol–water partition coefficient (Wildman–Crippen LogP) is 22.8. The summed E-state index contributed by atoms with van der Waals surface area (Å²) in [7, 11) is 19.7.